The molecule has 0 radical (unpaired) electrons. The van der Waals surface area contributed by atoms with Gasteiger partial charge >= 0.3 is 5.97 Å². The average molecular weight is 353 g/mol. The summed E-state index contributed by atoms with van der Waals surface area (Å²) in [5.41, 5.74) is 1.91. The van der Waals surface area contributed by atoms with E-state index in [2.05, 4.69) is 0 Å². The molecule has 5 heteroatoms. The molecule has 0 saturated carbocycles. The van der Waals surface area contributed by atoms with Gasteiger partial charge in [0, 0.05) is 13.0 Å². The van der Waals surface area contributed by atoms with E-state index in [1.54, 1.807) is 18.9 Å². The second-order valence-corrected chi connectivity index (χ2v) is 6.29. The maximum atomic E-state index is 12.7. The van der Waals surface area contributed by atoms with Crippen molar-refractivity contribution in [1.29, 1.82) is 0 Å². The van der Waals surface area contributed by atoms with Crippen molar-refractivity contribution in [3.63, 3.8) is 0 Å². The van der Waals surface area contributed by atoms with E-state index in [4.69, 9.17) is 9.47 Å². The van der Waals surface area contributed by atoms with Gasteiger partial charge < -0.3 is 14.4 Å². The van der Waals surface area contributed by atoms with Gasteiger partial charge in [0.25, 0.3) is 0 Å². The number of hydrogen-bond donors (Lipinski definition) is 0. The smallest absolute Gasteiger partial charge is 0.311 e. The van der Waals surface area contributed by atoms with Crippen molar-refractivity contribution in [2.24, 2.45) is 5.92 Å². The number of methoxy groups -OCH3 is 1. The normalized spacial score (nSPS) is 19.5. The fourth-order valence-corrected chi connectivity index (χ4v) is 3.46. The zero-order chi connectivity index (χ0) is 18.5. The Morgan fingerprint density at radius 1 is 1.15 bits per heavy atom. The van der Waals surface area contributed by atoms with Crippen LogP contribution < -0.4 is 4.74 Å². The topological polar surface area (TPSA) is 55.8 Å². The number of benzene rings is 2. The van der Waals surface area contributed by atoms with Gasteiger partial charge in [-0.1, -0.05) is 42.5 Å². The van der Waals surface area contributed by atoms with Crippen LogP contribution in [0.25, 0.3) is 0 Å². The third-order valence-electron chi connectivity index (χ3n) is 4.65. The molecule has 0 aliphatic carbocycles. The van der Waals surface area contributed by atoms with E-state index in [9.17, 15) is 9.59 Å². The molecule has 1 heterocycles. The van der Waals surface area contributed by atoms with Crippen LogP contribution in [0.15, 0.2) is 54.6 Å². The SMILES string of the molecule is CCOC(=O)[C@@H]1CC(=O)N(Cc2ccccc2)[C@H]1c1cccc(OC)c1. The molecule has 0 N–H and O–H groups in total. The summed E-state index contributed by atoms with van der Waals surface area (Å²) < 4.78 is 10.6. The second-order valence-electron chi connectivity index (χ2n) is 6.29. The molecule has 5 nitrogen and oxygen atoms in total. The summed E-state index contributed by atoms with van der Waals surface area (Å²) in [5.74, 6) is -0.189. The quantitative estimate of drug-likeness (QED) is 0.748. The Morgan fingerprint density at radius 2 is 1.92 bits per heavy atom. The fraction of sp³-hybridized carbons (Fsp3) is 0.333. The van der Waals surface area contributed by atoms with Crippen LogP contribution in [0.4, 0.5) is 0 Å². The number of hydrogen-bond acceptors (Lipinski definition) is 4. The van der Waals surface area contributed by atoms with E-state index in [0.29, 0.717) is 18.9 Å². The molecule has 1 fully saturated rings. The summed E-state index contributed by atoms with van der Waals surface area (Å²) >= 11 is 0. The predicted octanol–water partition coefficient (Wildman–Crippen LogP) is 3.35. The highest BCUT2D eigenvalue weighted by atomic mass is 16.5. The first-order valence-electron chi connectivity index (χ1n) is 8.78. The molecule has 0 bridgehead atoms. The van der Waals surface area contributed by atoms with Gasteiger partial charge in [-0.3, -0.25) is 9.59 Å². The lowest BCUT2D eigenvalue weighted by Gasteiger charge is -2.28. The van der Waals surface area contributed by atoms with Crippen molar-refractivity contribution >= 4 is 11.9 Å². The van der Waals surface area contributed by atoms with Crippen LogP contribution in [0, 0.1) is 5.92 Å². The van der Waals surface area contributed by atoms with Gasteiger partial charge in [0.05, 0.1) is 25.7 Å². The minimum Gasteiger partial charge on any atom is -0.497 e. The van der Waals surface area contributed by atoms with Gasteiger partial charge in [0.1, 0.15) is 5.75 Å². The minimum atomic E-state index is -0.515. The Bertz CT molecular complexity index is 775. The number of esters is 1. The van der Waals surface area contributed by atoms with Gasteiger partial charge in [-0.2, -0.15) is 0 Å². The molecular weight excluding hydrogens is 330 g/mol. The summed E-state index contributed by atoms with van der Waals surface area (Å²) in [6.07, 6.45) is 0.160. The standard InChI is InChI=1S/C21H23NO4/c1-3-26-21(24)18-13-19(23)22(14-15-8-5-4-6-9-15)20(18)16-10-7-11-17(12-16)25-2/h4-12,18,20H,3,13-14H2,1-2H3/t18-,20+/m1/s1. The number of nitrogens with zero attached hydrogens (tertiary/aromatic N) is 1. The molecule has 1 saturated heterocycles. The first-order chi connectivity index (χ1) is 12.6. The first kappa shape index (κ1) is 18.0. The minimum absolute atomic E-state index is 0.0419. The van der Waals surface area contributed by atoms with Crippen LogP contribution in [0.5, 0.6) is 5.75 Å². The molecule has 2 aromatic rings. The number of ether oxygens (including phenoxy) is 2. The van der Waals surface area contributed by atoms with Gasteiger partial charge in [-0.25, -0.2) is 0 Å². The lowest BCUT2D eigenvalue weighted by molar-refractivity contribution is -0.149. The Morgan fingerprint density at radius 3 is 2.62 bits per heavy atom. The number of carbonyl (C=O) groups is 2. The zero-order valence-electron chi connectivity index (χ0n) is 15.1. The van der Waals surface area contributed by atoms with Gasteiger partial charge in [-0.05, 0) is 30.2 Å². The van der Waals surface area contributed by atoms with Crippen molar-refractivity contribution in [3.05, 3.63) is 65.7 Å². The molecule has 0 unspecified atom stereocenters. The molecule has 1 aliphatic heterocycles. The van der Waals surface area contributed by atoms with Gasteiger partial charge in [-0.15, -0.1) is 0 Å². The van der Waals surface area contributed by atoms with Crippen LogP contribution in [0.3, 0.4) is 0 Å². The molecule has 26 heavy (non-hydrogen) atoms. The lowest BCUT2D eigenvalue weighted by Crippen LogP contribution is -2.30. The predicted molar refractivity (Wildman–Crippen MR) is 97.5 cm³/mol. The van der Waals surface area contributed by atoms with E-state index >= 15 is 0 Å². The van der Waals surface area contributed by atoms with Gasteiger partial charge in [0.15, 0.2) is 0 Å². The van der Waals surface area contributed by atoms with Crippen LogP contribution >= 0.6 is 0 Å². The van der Waals surface area contributed by atoms with Crippen molar-refractivity contribution in [3.8, 4) is 5.75 Å². The highest BCUT2D eigenvalue weighted by Crippen LogP contribution is 2.40. The highest BCUT2D eigenvalue weighted by Gasteiger charge is 2.45. The number of carbonyl (C=O) groups excluding carboxylic acids is 2. The Hall–Kier alpha value is -2.82. The summed E-state index contributed by atoms with van der Waals surface area (Å²) in [5, 5.41) is 0. The summed E-state index contributed by atoms with van der Waals surface area (Å²) in [7, 11) is 1.60. The number of likely N-dealkylation sites (tertiary alicyclic amines) is 1. The molecule has 3 rings (SSSR count). The molecule has 2 atom stereocenters. The summed E-state index contributed by atoms with van der Waals surface area (Å²) in [6.45, 7) is 2.53. The average Bonchev–Trinajstić information content (AvgIpc) is 2.99. The number of rotatable bonds is 6. The van der Waals surface area contributed by atoms with Gasteiger partial charge in [0.2, 0.25) is 5.91 Å². The Labute approximate surface area is 153 Å². The second kappa shape index (κ2) is 8.04. The molecular formula is C21H23NO4. The van der Waals surface area contributed by atoms with E-state index in [1.165, 1.54) is 0 Å². The maximum Gasteiger partial charge on any atom is 0.311 e. The van der Waals surface area contributed by atoms with E-state index in [0.717, 1.165) is 11.1 Å². The molecule has 0 spiro atoms. The third-order valence-corrected chi connectivity index (χ3v) is 4.65. The van der Waals surface area contributed by atoms with E-state index < -0.39 is 5.92 Å². The van der Waals surface area contributed by atoms with Crippen molar-refractivity contribution in [2.75, 3.05) is 13.7 Å². The van der Waals surface area contributed by atoms with Crippen molar-refractivity contribution in [1.82, 2.24) is 4.90 Å². The third kappa shape index (κ3) is 3.72. The van der Waals surface area contributed by atoms with Crippen LogP contribution in [-0.2, 0) is 20.9 Å². The van der Waals surface area contributed by atoms with Crippen molar-refractivity contribution in [2.45, 2.75) is 25.9 Å². The fourth-order valence-electron chi connectivity index (χ4n) is 3.46. The van der Waals surface area contributed by atoms with E-state index in [1.807, 2.05) is 54.6 Å². The van der Waals surface area contributed by atoms with Crippen LogP contribution in [0.1, 0.15) is 30.5 Å². The summed E-state index contributed by atoms with van der Waals surface area (Å²) in [4.78, 5) is 27.0. The molecule has 1 amide bonds. The number of amides is 1. The largest absolute Gasteiger partial charge is 0.497 e. The van der Waals surface area contributed by atoms with Crippen LogP contribution in [0.2, 0.25) is 0 Å². The zero-order valence-corrected chi connectivity index (χ0v) is 15.1. The van der Waals surface area contributed by atoms with E-state index in [-0.39, 0.29) is 24.3 Å². The highest BCUT2D eigenvalue weighted by molar-refractivity contribution is 5.88. The molecule has 136 valence electrons. The molecule has 0 aromatic heterocycles. The van der Waals surface area contributed by atoms with Crippen LogP contribution in [-0.4, -0.2) is 30.5 Å². The Kier molecular flexibility index (Phi) is 5.56. The monoisotopic (exact) mass is 353 g/mol. The maximum absolute atomic E-state index is 12.7. The Balaban J connectivity index is 1.97. The van der Waals surface area contributed by atoms with Crippen molar-refractivity contribution < 1.29 is 19.1 Å². The lowest BCUT2D eigenvalue weighted by atomic mass is 9.93. The summed E-state index contributed by atoms with van der Waals surface area (Å²) in [6, 6.07) is 17.0. The molecule has 1 aliphatic rings. The molecule has 2 aromatic carbocycles. The first-order valence-corrected chi connectivity index (χ1v) is 8.78.